The van der Waals surface area contributed by atoms with Crippen LogP contribution < -0.4 is 9.47 Å². The minimum absolute atomic E-state index is 0.0530. The summed E-state index contributed by atoms with van der Waals surface area (Å²) in [6.07, 6.45) is 0. The Bertz CT molecular complexity index is 1030. The molecular weight excluding hydrogens is 370 g/mol. The molecule has 4 rings (SSSR count). The third-order valence-corrected chi connectivity index (χ3v) is 5.23. The van der Waals surface area contributed by atoms with E-state index in [4.69, 9.17) is 9.47 Å². The van der Waals surface area contributed by atoms with Crippen molar-refractivity contribution in [2.45, 2.75) is 25.9 Å². The largest absolute Gasteiger partial charge is 0.502 e. The molecular formula is C22H23N3O4. The lowest BCUT2D eigenvalue weighted by Gasteiger charge is -2.30. The predicted octanol–water partition coefficient (Wildman–Crippen LogP) is 3.75. The van der Waals surface area contributed by atoms with Gasteiger partial charge in [-0.2, -0.15) is 5.10 Å². The number of nitrogens with one attached hydrogen (secondary N) is 1. The molecule has 1 atom stereocenters. The molecule has 1 amide bonds. The first-order valence-electron chi connectivity index (χ1n) is 9.39. The molecule has 29 heavy (non-hydrogen) atoms. The molecule has 0 aliphatic carbocycles. The third kappa shape index (κ3) is 2.90. The number of nitrogens with zero attached hydrogens (tertiary/aromatic N) is 2. The van der Waals surface area contributed by atoms with Gasteiger partial charge in [0.15, 0.2) is 11.5 Å². The Labute approximate surface area is 168 Å². The van der Waals surface area contributed by atoms with Crippen molar-refractivity contribution in [2.75, 3.05) is 14.2 Å². The Morgan fingerprint density at radius 1 is 1.10 bits per heavy atom. The summed E-state index contributed by atoms with van der Waals surface area (Å²) in [5.74, 6) is 0.387. The smallest absolute Gasteiger partial charge is 0.273 e. The van der Waals surface area contributed by atoms with Crippen LogP contribution in [0.2, 0.25) is 0 Å². The lowest BCUT2D eigenvalue weighted by Crippen LogP contribution is -2.35. The first-order valence-corrected chi connectivity index (χ1v) is 9.39. The topological polar surface area (TPSA) is 87.7 Å². The van der Waals surface area contributed by atoms with E-state index < -0.39 is 6.04 Å². The molecule has 7 heteroatoms. The monoisotopic (exact) mass is 393 g/mol. The number of phenolic OH excluding ortho intramolecular Hbond substituents is 1. The standard InChI is InChI=1S/C22H23N3O4/c1-12(2)25-20(14-10-15(28-3)21(26)16(11-14)29-4)17-18(13-8-6-5-7-9-13)23-24-19(17)22(25)27/h5-12,20,26H,1-4H3,(H,23,24). The van der Waals surface area contributed by atoms with Gasteiger partial charge in [0.2, 0.25) is 5.75 Å². The van der Waals surface area contributed by atoms with Crippen LogP contribution in [0.25, 0.3) is 11.3 Å². The average Bonchev–Trinajstić information content (AvgIpc) is 3.28. The summed E-state index contributed by atoms with van der Waals surface area (Å²) >= 11 is 0. The number of methoxy groups -OCH3 is 2. The highest BCUT2D eigenvalue weighted by atomic mass is 16.5. The van der Waals surface area contributed by atoms with Gasteiger partial charge in [0.05, 0.1) is 26.0 Å². The van der Waals surface area contributed by atoms with Gasteiger partial charge in [-0.05, 0) is 31.5 Å². The van der Waals surface area contributed by atoms with E-state index in [9.17, 15) is 9.90 Å². The van der Waals surface area contributed by atoms with Gasteiger partial charge in [-0.15, -0.1) is 0 Å². The van der Waals surface area contributed by atoms with E-state index in [2.05, 4.69) is 10.2 Å². The van der Waals surface area contributed by atoms with Crippen LogP contribution in [0.4, 0.5) is 0 Å². The van der Waals surface area contributed by atoms with E-state index in [-0.39, 0.29) is 29.2 Å². The number of rotatable bonds is 5. The number of aromatic nitrogens is 2. The van der Waals surface area contributed by atoms with Crippen molar-refractivity contribution in [1.29, 1.82) is 0 Å². The number of benzene rings is 2. The van der Waals surface area contributed by atoms with Crippen LogP contribution in [0.1, 0.15) is 41.5 Å². The van der Waals surface area contributed by atoms with Crippen molar-refractivity contribution < 1.29 is 19.4 Å². The molecule has 3 aromatic rings. The molecule has 1 aliphatic rings. The Morgan fingerprint density at radius 2 is 1.72 bits per heavy atom. The summed E-state index contributed by atoms with van der Waals surface area (Å²) in [5.41, 5.74) is 3.72. The second-order valence-electron chi connectivity index (χ2n) is 7.21. The zero-order valence-corrected chi connectivity index (χ0v) is 16.8. The SMILES string of the molecule is COc1cc(C2c3c(-c4ccccc4)n[nH]c3C(=O)N2C(C)C)cc(OC)c1O. The zero-order chi connectivity index (χ0) is 20.7. The quantitative estimate of drug-likeness (QED) is 0.689. The molecule has 0 spiro atoms. The minimum atomic E-state index is -0.394. The van der Waals surface area contributed by atoms with Crippen molar-refractivity contribution in [3.05, 3.63) is 59.3 Å². The number of H-pyrrole nitrogens is 1. The van der Waals surface area contributed by atoms with Crippen molar-refractivity contribution in [1.82, 2.24) is 15.1 Å². The number of carbonyl (C=O) groups excluding carboxylic acids is 1. The van der Waals surface area contributed by atoms with Crippen LogP contribution in [0.3, 0.4) is 0 Å². The molecule has 7 nitrogen and oxygen atoms in total. The van der Waals surface area contributed by atoms with E-state index in [0.717, 1.165) is 22.4 Å². The predicted molar refractivity (Wildman–Crippen MR) is 108 cm³/mol. The zero-order valence-electron chi connectivity index (χ0n) is 16.8. The molecule has 2 N–H and O–H groups in total. The van der Waals surface area contributed by atoms with Crippen LogP contribution in [0.5, 0.6) is 17.2 Å². The average molecular weight is 393 g/mol. The molecule has 2 heterocycles. The normalized spacial score (nSPS) is 15.7. The highest BCUT2D eigenvalue weighted by Crippen LogP contribution is 2.47. The number of aromatic amines is 1. The van der Waals surface area contributed by atoms with Crippen LogP contribution in [-0.2, 0) is 0 Å². The van der Waals surface area contributed by atoms with Gasteiger partial charge in [-0.1, -0.05) is 30.3 Å². The number of phenols is 1. The molecule has 0 bridgehead atoms. The summed E-state index contributed by atoms with van der Waals surface area (Å²) in [6.45, 7) is 3.95. The maximum absolute atomic E-state index is 13.2. The van der Waals surface area contributed by atoms with Gasteiger partial charge in [-0.25, -0.2) is 0 Å². The van der Waals surface area contributed by atoms with Gasteiger partial charge in [-0.3, -0.25) is 9.89 Å². The van der Waals surface area contributed by atoms with E-state index in [1.54, 1.807) is 17.0 Å². The van der Waals surface area contributed by atoms with Gasteiger partial charge in [0.25, 0.3) is 5.91 Å². The lowest BCUT2D eigenvalue weighted by molar-refractivity contribution is 0.0687. The molecule has 0 saturated carbocycles. The van der Waals surface area contributed by atoms with Gasteiger partial charge in [0.1, 0.15) is 5.69 Å². The number of hydrogen-bond donors (Lipinski definition) is 2. The lowest BCUT2D eigenvalue weighted by atomic mass is 9.95. The van der Waals surface area contributed by atoms with Crippen molar-refractivity contribution in [2.24, 2.45) is 0 Å². The van der Waals surface area contributed by atoms with Crippen LogP contribution >= 0.6 is 0 Å². The second kappa shape index (κ2) is 7.16. The van der Waals surface area contributed by atoms with E-state index in [1.165, 1.54) is 14.2 Å². The summed E-state index contributed by atoms with van der Waals surface area (Å²) in [5, 5.41) is 17.7. The van der Waals surface area contributed by atoms with Crippen molar-refractivity contribution in [3.8, 4) is 28.5 Å². The Hall–Kier alpha value is -3.48. The number of hydrogen-bond acceptors (Lipinski definition) is 5. The van der Waals surface area contributed by atoms with Crippen LogP contribution in [0, 0.1) is 0 Å². The van der Waals surface area contributed by atoms with Crippen molar-refractivity contribution >= 4 is 5.91 Å². The summed E-state index contributed by atoms with van der Waals surface area (Å²) in [6, 6.07) is 12.8. The Morgan fingerprint density at radius 3 is 2.28 bits per heavy atom. The third-order valence-electron chi connectivity index (χ3n) is 5.23. The fourth-order valence-corrected chi connectivity index (χ4v) is 3.91. The molecule has 150 valence electrons. The molecule has 1 aliphatic heterocycles. The van der Waals surface area contributed by atoms with Gasteiger partial charge >= 0.3 is 0 Å². The van der Waals surface area contributed by atoms with Crippen LogP contribution in [-0.4, -0.2) is 46.4 Å². The summed E-state index contributed by atoms with van der Waals surface area (Å²) in [7, 11) is 2.97. The van der Waals surface area contributed by atoms with E-state index >= 15 is 0 Å². The number of carbonyl (C=O) groups is 1. The van der Waals surface area contributed by atoms with Crippen molar-refractivity contribution in [3.63, 3.8) is 0 Å². The molecule has 0 radical (unpaired) electrons. The summed E-state index contributed by atoms with van der Waals surface area (Å²) in [4.78, 5) is 15.0. The summed E-state index contributed by atoms with van der Waals surface area (Å²) < 4.78 is 10.7. The Balaban J connectivity index is 1.96. The van der Waals surface area contributed by atoms with Gasteiger partial charge in [0, 0.05) is 17.2 Å². The number of ether oxygens (including phenoxy) is 2. The number of amides is 1. The fraction of sp³-hybridized carbons (Fsp3) is 0.273. The maximum atomic E-state index is 13.2. The molecule has 0 saturated heterocycles. The highest BCUT2D eigenvalue weighted by Gasteiger charge is 2.43. The molecule has 0 fully saturated rings. The Kier molecular flexibility index (Phi) is 4.66. The number of fused-ring (bicyclic) bond motifs is 1. The van der Waals surface area contributed by atoms with Crippen LogP contribution in [0.15, 0.2) is 42.5 Å². The maximum Gasteiger partial charge on any atom is 0.273 e. The first-order chi connectivity index (χ1) is 14.0. The van der Waals surface area contributed by atoms with Gasteiger partial charge < -0.3 is 19.5 Å². The highest BCUT2D eigenvalue weighted by molar-refractivity contribution is 6.00. The second-order valence-corrected chi connectivity index (χ2v) is 7.21. The minimum Gasteiger partial charge on any atom is -0.502 e. The molecule has 1 aromatic heterocycles. The van der Waals surface area contributed by atoms with E-state index in [0.29, 0.717) is 5.69 Å². The molecule has 1 unspecified atom stereocenters. The first kappa shape index (κ1) is 18.9. The number of aromatic hydroxyl groups is 1. The molecule has 2 aromatic carbocycles. The van der Waals surface area contributed by atoms with E-state index in [1.807, 2.05) is 44.2 Å². The fourth-order valence-electron chi connectivity index (χ4n) is 3.91.